The van der Waals surface area contributed by atoms with Crippen LogP contribution in [-0.4, -0.2) is 23.0 Å². The summed E-state index contributed by atoms with van der Waals surface area (Å²) in [5.74, 6) is -1.21. The van der Waals surface area contributed by atoms with Crippen molar-refractivity contribution >= 4 is 5.78 Å². The van der Waals surface area contributed by atoms with E-state index in [4.69, 9.17) is 4.74 Å². The number of benzene rings is 1. The quantitative estimate of drug-likeness (QED) is 0.784. The van der Waals surface area contributed by atoms with E-state index >= 15 is 0 Å². The Morgan fingerprint density at radius 3 is 2.52 bits per heavy atom. The predicted molar refractivity (Wildman–Crippen MR) is 89.6 cm³/mol. The molecule has 1 fully saturated rings. The third-order valence-corrected chi connectivity index (χ3v) is 4.52. The summed E-state index contributed by atoms with van der Waals surface area (Å²) in [6.07, 6.45) is -4.42. The van der Waals surface area contributed by atoms with Crippen molar-refractivity contribution < 1.29 is 27.1 Å². The maximum absolute atomic E-state index is 13.8. The van der Waals surface area contributed by atoms with Gasteiger partial charge in [0.25, 0.3) is 0 Å². The van der Waals surface area contributed by atoms with Gasteiger partial charge in [0.2, 0.25) is 12.0 Å². The molecule has 0 bridgehead atoms. The molecule has 1 aromatic heterocycles. The van der Waals surface area contributed by atoms with Gasteiger partial charge in [0.05, 0.1) is 6.04 Å². The number of alkyl halides is 3. The first-order valence-corrected chi connectivity index (χ1v) is 8.46. The fourth-order valence-corrected chi connectivity index (χ4v) is 3.11. The highest BCUT2D eigenvalue weighted by Gasteiger charge is 2.44. The molecule has 0 amide bonds. The minimum atomic E-state index is -4.80. The lowest BCUT2D eigenvalue weighted by Gasteiger charge is -2.22. The molecule has 1 N–H and O–H groups in total. The van der Waals surface area contributed by atoms with Crippen LogP contribution in [0.3, 0.4) is 0 Å². The summed E-state index contributed by atoms with van der Waals surface area (Å²) in [4.78, 5) is 15.4. The third kappa shape index (κ3) is 4.44. The number of halogens is 4. The van der Waals surface area contributed by atoms with E-state index in [-0.39, 0.29) is 23.7 Å². The van der Waals surface area contributed by atoms with Crippen LogP contribution in [0.5, 0.6) is 5.88 Å². The average molecular weight is 382 g/mol. The van der Waals surface area contributed by atoms with E-state index in [1.165, 1.54) is 31.3 Å². The third-order valence-electron chi connectivity index (χ3n) is 4.52. The van der Waals surface area contributed by atoms with Gasteiger partial charge < -0.3 is 10.1 Å². The number of ether oxygens (including phenoxy) is 1. The second-order valence-electron chi connectivity index (χ2n) is 6.45. The van der Waals surface area contributed by atoms with Gasteiger partial charge in [-0.2, -0.15) is 13.2 Å². The summed E-state index contributed by atoms with van der Waals surface area (Å²) in [6, 6.07) is 7.20. The SMILES string of the molecule is CC(=O)[C@@H]1CC[C@H](c2ccc(OC(c3ccccc3F)C(F)(F)F)nc2)N1. The number of aromatic nitrogens is 1. The zero-order valence-corrected chi connectivity index (χ0v) is 14.5. The Hall–Kier alpha value is -2.48. The Morgan fingerprint density at radius 1 is 1.22 bits per heavy atom. The molecule has 2 heterocycles. The number of Topliss-reactive ketones (excluding diaryl/α,β-unsaturated/α-hetero) is 1. The summed E-state index contributed by atoms with van der Waals surface area (Å²) in [5.41, 5.74) is 0.151. The van der Waals surface area contributed by atoms with Gasteiger partial charge in [0.1, 0.15) is 11.6 Å². The van der Waals surface area contributed by atoms with Gasteiger partial charge in [0.15, 0.2) is 0 Å². The lowest BCUT2D eigenvalue weighted by molar-refractivity contribution is -0.199. The second-order valence-corrected chi connectivity index (χ2v) is 6.45. The van der Waals surface area contributed by atoms with Crippen LogP contribution < -0.4 is 10.1 Å². The molecule has 27 heavy (non-hydrogen) atoms. The summed E-state index contributed by atoms with van der Waals surface area (Å²) in [7, 11) is 0. The van der Waals surface area contributed by atoms with Crippen molar-refractivity contribution in [2.45, 2.75) is 44.1 Å². The molecule has 8 heteroatoms. The number of pyridine rings is 1. The highest BCUT2D eigenvalue weighted by Crippen LogP contribution is 2.37. The smallest absolute Gasteiger partial charge is 0.429 e. The summed E-state index contributed by atoms with van der Waals surface area (Å²) in [6.45, 7) is 1.51. The van der Waals surface area contributed by atoms with E-state index in [2.05, 4.69) is 10.3 Å². The minimum Gasteiger partial charge on any atom is -0.460 e. The normalized spacial score (nSPS) is 21.1. The first kappa shape index (κ1) is 19.3. The van der Waals surface area contributed by atoms with Gasteiger partial charge in [-0.25, -0.2) is 9.37 Å². The van der Waals surface area contributed by atoms with E-state index in [1.54, 1.807) is 6.07 Å². The van der Waals surface area contributed by atoms with Crippen LogP contribution in [0.1, 0.15) is 43.0 Å². The minimum absolute atomic E-state index is 0.0447. The summed E-state index contributed by atoms with van der Waals surface area (Å²) in [5, 5.41) is 3.16. The lowest BCUT2D eigenvalue weighted by atomic mass is 10.1. The molecule has 0 spiro atoms. The number of hydrogen-bond donors (Lipinski definition) is 1. The maximum Gasteiger partial charge on any atom is 0.429 e. The molecule has 3 rings (SSSR count). The first-order valence-electron chi connectivity index (χ1n) is 8.46. The molecule has 0 radical (unpaired) electrons. The molecule has 0 saturated carbocycles. The van der Waals surface area contributed by atoms with Crippen molar-refractivity contribution in [2.75, 3.05) is 0 Å². The molecule has 144 valence electrons. The van der Waals surface area contributed by atoms with Crippen molar-refractivity contribution in [3.63, 3.8) is 0 Å². The van der Waals surface area contributed by atoms with Crippen molar-refractivity contribution in [1.29, 1.82) is 0 Å². The molecule has 0 aliphatic carbocycles. The van der Waals surface area contributed by atoms with Crippen LogP contribution in [0.15, 0.2) is 42.6 Å². The Balaban J connectivity index is 1.76. The number of nitrogens with one attached hydrogen (secondary N) is 1. The Kier molecular flexibility index (Phi) is 5.46. The Morgan fingerprint density at radius 2 is 1.96 bits per heavy atom. The van der Waals surface area contributed by atoms with Crippen molar-refractivity contribution in [2.24, 2.45) is 0 Å². The topological polar surface area (TPSA) is 51.2 Å². The van der Waals surface area contributed by atoms with Crippen LogP contribution in [0.25, 0.3) is 0 Å². The van der Waals surface area contributed by atoms with E-state index in [9.17, 15) is 22.4 Å². The fraction of sp³-hybridized carbons (Fsp3) is 0.368. The van der Waals surface area contributed by atoms with Crippen LogP contribution >= 0.6 is 0 Å². The van der Waals surface area contributed by atoms with Crippen LogP contribution in [-0.2, 0) is 4.79 Å². The molecule has 2 aromatic rings. The Labute approximate surface area is 153 Å². The lowest BCUT2D eigenvalue weighted by Crippen LogP contribution is -2.30. The van der Waals surface area contributed by atoms with Crippen molar-refractivity contribution in [3.8, 4) is 5.88 Å². The molecule has 1 aromatic carbocycles. The molecular weight excluding hydrogens is 364 g/mol. The number of rotatable bonds is 5. The van der Waals surface area contributed by atoms with Crippen LogP contribution in [0.2, 0.25) is 0 Å². The van der Waals surface area contributed by atoms with Gasteiger partial charge in [0, 0.05) is 23.9 Å². The molecule has 1 saturated heterocycles. The highest BCUT2D eigenvalue weighted by atomic mass is 19.4. The molecule has 3 atom stereocenters. The number of hydrogen-bond acceptors (Lipinski definition) is 4. The van der Waals surface area contributed by atoms with Gasteiger partial charge in [-0.15, -0.1) is 0 Å². The van der Waals surface area contributed by atoms with E-state index in [1.807, 2.05) is 0 Å². The Bertz CT molecular complexity index is 808. The second kappa shape index (κ2) is 7.64. The monoisotopic (exact) mass is 382 g/mol. The average Bonchev–Trinajstić information content (AvgIpc) is 3.10. The molecule has 1 unspecified atom stereocenters. The summed E-state index contributed by atoms with van der Waals surface area (Å²) >= 11 is 0. The van der Waals surface area contributed by atoms with Crippen LogP contribution in [0.4, 0.5) is 17.6 Å². The van der Waals surface area contributed by atoms with E-state index in [0.29, 0.717) is 6.42 Å². The number of ketones is 1. The van der Waals surface area contributed by atoms with Crippen molar-refractivity contribution in [1.82, 2.24) is 10.3 Å². The number of carbonyl (C=O) groups is 1. The van der Waals surface area contributed by atoms with E-state index < -0.39 is 23.7 Å². The summed E-state index contributed by atoms with van der Waals surface area (Å²) < 4.78 is 58.8. The van der Waals surface area contributed by atoms with Gasteiger partial charge in [-0.05, 0) is 31.4 Å². The maximum atomic E-state index is 13.8. The molecular formula is C19H18F4N2O2. The molecule has 4 nitrogen and oxygen atoms in total. The predicted octanol–water partition coefficient (Wildman–Crippen LogP) is 4.29. The fourth-order valence-electron chi connectivity index (χ4n) is 3.11. The van der Waals surface area contributed by atoms with Gasteiger partial charge in [-0.3, -0.25) is 4.79 Å². The van der Waals surface area contributed by atoms with E-state index in [0.717, 1.165) is 24.1 Å². The van der Waals surface area contributed by atoms with Crippen molar-refractivity contribution in [3.05, 3.63) is 59.5 Å². The van der Waals surface area contributed by atoms with Gasteiger partial charge in [-0.1, -0.05) is 24.3 Å². The zero-order chi connectivity index (χ0) is 19.6. The number of carbonyl (C=O) groups excluding carboxylic acids is 1. The molecule has 1 aliphatic heterocycles. The van der Waals surface area contributed by atoms with Crippen LogP contribution in [0, 0.1) is 5.82 Å². The first-order chi connectivity index (χ1) is 12.8. The van der Waals surface area contributed by atoms with Gasteiger partial charge >= 0.3 is 6.18 Å². The molecule has 1 aliphatic rings. The highest BCUT2D eigenvalue weighted by molar-refractivity contribution is 5.81. The largest absolute Gasteiger partial charge is 0.460 e. The number of nitrogens with zero attached hydrogens (tertiary/aromatic N) is 1. The zero-order valence-electron chi connectivity index (χ0n) is 14.5. The standard InChI is InChI=1S/C19H18F4N2O2/c1-11(26)15-7-8-16(25-15)12-6-9-17(24-10-12)27-18(19(21,22)23)13-4-2-3-5-14(13)20/h2-6,9-10,15-16,18,25H,7-8H2,1H3/t15-,16+,18?/m0/s1.